The molecule has 5 nitrogen and oxygen atoms in total. The number of alkyl halides is 2. The lowest BCUT2D eigenvalue weighted by Gasteiger charge is -2.62. The predicted molar refractivity (Wildman–Crippen MR) is 108 cm³/mol. The highest BCUT2D eigenvalue weighted by Crippen LogP contribution is 2.71. The van der Waals surface area contributed by atoms with Crippen LogP contribution in [0.15, 0.2) is 23.8 Å². The summed E-state index contributed by atoms with van der Waals surface area (Å²) in [5.41, 5.74) is -5.38. The van der Waals surface area contributed by atoms with Crippen LogP contribution in [0.5, 0.6) is 0 Å². The van der Waals surface area contributed by atoms with Gasteiger partial charge < -0.3 is 9.84 Å². The van der Waals surface area contributed by atoms with Gasteiger partial charge in [0.1, 0.15) is 0 Å². The molecule has 170 valence electrons. The molecule has 31 heavy (non-hydrogen) atoms. The Hall–Kier alpha value is -1.89. The van der Waals surface area contributed by atoms with Gasteiger partial charge in [0.2, 0.25) is 5.78 Å². The van der Waals surface area contributed by atoms with Crippen molar-refractivity contribution in [1.82, 2.24) is 0 Å². The van der Waals surface area contributed by atoms with Crippen LogP contribution in [0.3, 0.4) is 0 Å². The van der Waals surface area contributed by atoms with Crippen molar-refractivity contribution in [1.29, 1.82) is 0 Å². The van der Waals surface area contributed by atoms with Crippen LogP contribution in [0.1, 0.15) is 53.4 Å². The fourth-order valence-corrected chi connectivity index (χ4v) is 7.72. The first-order chi connectivity index (χ1) is 14.4. The Labute approximate surface area is 180 Å². The highest BCUT2D eigenvalue weighted by atomic mass is 19.1. The number of carbonyl (C=O) groups excluding carboxylic acids is 3. The first-order valence-electron chi connectivity index (χ1n) is 11.0. The van der Waals surface area contributed by atoms with Gasteiger partial charge in [-0.25, -0.2) is 8.78 Å². The average molecular weight is 436 g/mol. The lowest BCUT2D eigenvalue weighted by molar-refractivity contribution is -0.227. The Bertz CT molecular complexity index is 912. The van der Waals surface area contributed by atoms with Gasteiger partial charge in [0.25, 0.3) is 0 Å². The summed E-state index contributed by atoms with van der Waals surface area (Å²) in [5, 5.41) is 11.3. The van der Waals surface area contributed by atoms with Gasteiger partial charge in [-0.1, -0.05) is 25.5 Å². The van der Waals surface area contributed by atoms with Gasteiger partial charge in [0, 0.05) is 29.6 Å². The third-order valence-corrected chi connectivity index (χ3v) is 9.02. The van der Waals surface area contributed by atoms with E-state index in [1.54, 1.807) is 26.8 Å². The number of aliphatic hydroxyl groups is 1. The van der Waals surface area contributed by atoms with Crippen molar-refractivity contribution < 1.29 is 33.0 Å². The zero-order valence-electron chi connectivity index (χ0n) is 18.4. The molecular formula is C24H30F2O5. The van der Waals surface area contributed by atoms with Crippen LogP contribution in [-0.2, 0) is 19.1 Å². The molecule has 0 spiro atoms. The monoisotopic (exact) mass is 436 g/mol. The molecule has 3 saturated carbocycles. The van der Waals surface area contributed by atoms with Crippen LogP contribution in [0.25, 0.3) is 0 Å². The van der Waals surface area contributed by atoms with Crippen molar-refractivity contribution in [3.8, 4) is 0 Å². The molecule has 1 N–H and O–H groups in total. The molecule has 7 heteroatoms. The molecule has 4 aliphatic carbocycles. The second kappa shape index (κ2) is 6.80. The highest BCUT2D eigenvalue weighted by molar-refractivity contribution is 6.01. The number of aliphatic hydroxyl groups excluding tert-OH is 1. The van der Waals surface area contributed by atoms with E-state index in [-0.39, 0.29) is 12.2 Å². The van der Waals surface area contributed by atoms with Crippen molar-refractivity contribution >= 4 is 17.5 Å². The largest absolute Gasteiger partial charge is 0.450 e. The van der Waals surface area contributed by atoms with Gasteiger partial charge in [-0.15, -0.1) is 0 Å². The zero-order chi connectivity index (χ0) is 23.0. The molecule has 0 aromatic rings. The molecule has 0 aromatic carbocycles. The topological polar surface area (TPSA) is 80.7 Å². The average Bonchev–Trinajstić information content (AvgIpc) is 2.90. The summed E-state index contributed by atoms with van der Waals surface area (Å²) in [7, 11) is 0. The fourth-order valence-electron chi connectivity index (χ4n) is 7.72. The van der Waals surface area contributed by atoms with Crippen molar-refractivity contribution in [3.63, 3.8) is 0 Å². The summed E-state index contributed by atoms with van der Waals surface area (Å²) >= 11 is 0. The third-order valence-electron chi connectivity index (χ3n) is 9.02. The Morgan fingerprint density at radius 1 is 1.29 bits per heavy atom. The normalized spacial score (nSPS) is 48.4. The first kappa shape index (κ1) is 22.3. The second-order valence-electron chi connectivity index (χ2n) is 10.3. The molecule has 0 saturated heterocycles. The summed E-state index contributed by atoms with van der Waals surface area (Å²) in [6.07, 6.45) is 4.03. The minimum atomic E-state index is -2.05. The SMILES string of the molecule is CC(=O)O[C@]1(C(=O)CF)C(C)C[C@H]2[C@@H]3CCC4=CC(=O)C=C[C@]4(C)[C@@]3(F)C(O)C[C@@]21C. The molecule has 0 aromatic heterocycles. The van der Waals surface area contributed by atoms with E-state index in [1.165, 1.54) is 19.1 Å². The molecule has 0 heterocycles. The van der Waals surface area contributed by atoms with Gasteiger partial charge in [-0.05, 0) is 50.7 Å². The predicted octanol–water partition coefficient (Wildman–Crippen LogP) is 3.44. The van der Waals surface area contributed by atoms with Gasteiger partial charge in [0.05, 0.1) is 6.10 Å². The number of allylic oxidation sites excluding steroid dienone is 4. The molecule has 0 radical (unpaired) electrons. The molecule has 0 aliphatic heterocycles. The van der Waals surface area contributed by atoms with Crippen molar-refractivity contribution in [2.45, 2.75) is 70.8 Å². The molecule has 0 bridgehead atoms. The summed E-state index contributed by atoms with van der Waals surface area (Å²) < 4.78 is 36.4. The summed E-state index contributed by atoms with van der Waals surface area (Å²) in [6, 6.07) is 0. The zero-order valence-corrected chi connectivity index (χ0v) is 18.4. The Morgan fingerprint density at radius 3 is 2.58 bits per heavy atom. The van der Waals surface area contributed by atoms with Crippen molar-refractivity contribution in [2.75, 3.05) is 6.67 Å². The number of rotatable bonds is 3. The van der Waals surface area contributed by atoms with E-state index in [0.29, 0.717) is 24.8 Å². The van der Waals surface area contributed by atoms with E-state index >= 15 is 4.39 Å². The molecule has 4 rings (SSSR count). The lowest BCUT2D eigenvalue weighted by atomic mass is 9.44. The summed E-state index contributed by atoms with van der Waals surface area (Å²) in [5.74, 6) is -3.26. The maximum absolute atomic E-state index is 17.1. The highest BCUT2D eigenvalue weighted by Gasteiger charge is 2.77. The van der Waals surface area contributed by atoms with E-state index < -0.39 is 64.4 Å². The van der Waals surface area contributed by atoms with Crippen LogP contribution in [0.2, 0.25) is 0 Å². The van der Waals surface area contributed by atoms with E-state index in [0.717, 1.165) is 0 Å². The molecule has 8 atom stereocenters. The minimum Gasteiger partial charge on any atom is -0.450 e. The first-order valence-corrected chi connectivity index (χ1v) is 11.0. The Balaban J connectivity index is 1.86. The number of esters is 1. The molecular weight excluding hydrogens is 406 g/mol. The molecule has 0 amide bonds. The number of Topliss-reactive ketones (excluding diaryl/α,β-unsaturated/α-hetero) is 1. The maximum atomic E-state index is 17.1. The van der Waals surface area contributed by atoms with E-state index in [1.807, 2.05) is 0 Å². The standard InChI is InChI=1S/C24H30F2O5/c1-13-9-18-17-6-5-15-10-16(28)7-8-21(15,3)23(17,26)19(29)11-22(18,4)24(13,20(30)12-25)31-14(2)27/h7-8,10,13,17-19,29H,5-6,9,11-12H2,1-4H3/t13?,17-,18-,19?,21-,22-,23-,24-/m0/s1. The third kappa shape index (κ3) is 2.53. The second-order valence-corrected chi connectivity index (χ2v) is 10.3. The van der Waals surface area contributed by atoms with Gasteiger partial charge in [0.15, 0.2) is 23.7 Å². The number of carbonyl (C=O) groups is 3. The molecule has 4 aliphatic rings. The van der Waals surface area contributed by atoms with Crippen LogP contribution in [-0.4, -0.2) is 46.7 Å². The van der Waals surface area contributed by atoms with E-state index in [2.05, 4.69) is 0 Å². The number of hydrogen-bond donors (Lipinski definition) is 1. The van der Waals surface area contributed by atoms with Crippen LogP contribution >= 0.6 is 0 Å². The number of ether oxygens (including phenoxy) is 1. The van der Waals surface area contributed by atoms with Crippen molar-refractivity contribution in [3.05, 3.63) is 23.8 Å². The number of halogens is 2. The summed E-state index contributed by atoms with van der Waals surface area (Å²) in [4.78, 5) is 36.8. The molecule has 3 fully saturated rings. The number of ketones is 2. The van der Waals surface area contributed by atoms with E-state index in [4.69, 9.17) is 4.74 Å². The van der Waals surface area contributed by atoms with Gasteiger partial charge >= 0.3 is 5.97 Å². The van der Waals surface area contributed by atoms with E-state index in [9.17, 15) is 23.9 Å². The van der Waals surface area contributed by atoms with Gasteiger partial charge in [-0.3, -0.25) is 14.4 Å². The number of fused-ring (bicyclic) bond motifs is 5. The van der Waals surface area contributed by atoms with Crippen LogP contribution in [0, 0.1) is 28.6 Å². The molecule has 2 unspecified atom stereocenters. The van der Waals surface area contributed by atoms with Crippen molar-refractivity contribution in [2.24, 2.45) is 28.6 Å². The smallest absolute Gasteiger partial charge is 0.303 e. The van der Waals surface area contributed by atoms with Crippen LogP contribution < -0.4 is 0 Å². The summed E-state index contributed by atoms with van der Waals surface area (Å²) in [6.45, 7) is 5.06. The lowest BCUT2D eigenvalue weighted by Crippen LogP contribution is -2.70. The minimum absolute atomic E-state index is 0.140. The Kier molecular flexibility index (Phi) is 4.90. The fraction of sp³-hybridized carbons (Fsp3) is 0.708. The van der Waals surface area contributed by atoms with Gasteiger partial charge in [-0.2, -0.15) is 0 Å². The van der Waals surface area contributed by atoms with Crippen LogP contribution in [0.4, 0.5) is 8.78 Å². The Morgan fingerprint density at radius 2 is 1.97 bits per heavy atom. The quantitative estimate of drug-likeness (QED) is 0.686. The maximum Gasteiger partial charge on any atom is 0.303 e. The number of hydrogen-bond acceptors (Lipinski definition) is 5.